The topological polar surface area (TPSA) is 37.3 Å². The van der Waals surface area contributed by atoms with Crippen LogP contribution in [-0.4, -0.2) is 11.1 Å². The molecular weight excluding hydrogens is 272 g/mol. The molecule has 0 aromatic rings. The molecule has 0 aromatic carbocycles. The molecule has 0 heterocycles. The largest absolute Gasteiger partial charge is 0.481 e. The number of aliphatic carboxylic acids is 1. The molecule has 3 saturated carbocycles. The Kier molecular flexibility index (Phi) is 4.10. The van der Waals surface area contributed by atoms with Gasteiger partial charge in [-0.3, -0.25) is 4.79 Å². The summed E-state index contributed by atoms with van der Waals surface area (Å²) in [4.78, 5) is 12.0. The van der Waals surface area contributed by atoms with Crippen molar-refractivity contribution in [2.45, 2.75) is 79.1 Å². The summed E-state index contributed by atoms with van der Waals surface area (Å²) in [6.07, 6.45) is 9.77. The molecule has 0 saturated heterocycles. The molecule has 3 rings (SSSR count). The number of hydrogen-bond donors (Lipinski definition) is 1. The maximum Gasteiger partial charge on any atom is 0.309 e. The Balaban J connectivity index is 1.86. The zero-order chi connectivity index (χ0) is 16.1. The van der Waals surface area contributed by atoms with E-state index >= 15 is 0 Å². The molecule has 0 aromatic heterocycles. The van der Waals surface area contributed by atoms with Gasteiger partial charge >= 0.3 is 5.97 Å². The molecule has 2 heteroatoms. The van der Waals surface area contributed by atoms with Gasteiger partial charge in [0.15, 0.2) is 0 Å². The molecular formula is C20H34O2. The monoisotopic (exact) mass is 306 g/mol. The molecule has 0 amide bonds. The van der Waals surface area contributed by atoms with Gasteiger partial charge in [-0.05, 0) is 86.9 Å². The van der Waals surface area contributed by atoms with Crippen molar-refractivity contribution in [3.63, 3.8) is 0 Å². The molecule has 0 bridgehead atoms. The molecule has 0 radical (unpaired) electrons. The Bertz CT molecular complexity index is 443. The van der Waals surface area contributed by atoms with Gasteiger partial charge in [0.2, 0.25) is 0 Å². The zero-order valence-corrected chi connectivity index (χ0v) is 14.9. The van der Waals surface area contributed by atoms with Crippen LogP contribution in [0.25, 0.3) is 0 Å². The van der Waals surface area contributed by atoms with E-state index in [9.17, 15) is 9.90 Å². The van der Waals surface area contributed by atoms with Gasteiger partial charge in [-0.1, -0.05) is 27.2 Å². The fourth-order valence-electron chi connectivity index (χ4n) is 6.73. The third kappa shape index (κ3) is 2.32. The van der Waals surface area contributed by atoms with Crippen LogP contribution in [0, 0.1) is 40.4 Å². The predicted octanol–water partition coefficient (Wildman–Crippen LogP) is 5.37. The molecule has 126 valence electrons. The van der Waals surface area contributed by atoms with E-state index in [-0.39, 0.29) is 5.41 Å². The second kappa shape index (κ2) is 5.53. The summed E-state index contributed by atoms with van der Waals surface area (Å²) in [6.45, 7) is 9.24. The molecule has 0 spiro atoms. The van der Waals surface area contributed by atoms with Crippen LogP contribution in [0.2, 0.25) is 0 Å². The van der Waals surface area contributed by atoms with Crippen molar-refractivity contribution in [3.8, 4) is 0 Å². The van der Waals surface area contributed by atoms with Crippen LogP contribution in [0.4, 0.5) is 0 Å². The molecule has 2 nitrogen and oxygen atoms in total. The highest BCUT2D eigenvalue weighted by molar-refractivity contribution is 5.75. The molecule has 3 aliphatic carbocycles. The van der Waals surface area contributed by atoms with E-state index in [1.807, 2.05) is 6.92 Å². The van der Waals surface area contributed by atoms with Crippen molar-refractivity contribution in [1.29, 1.82) is 0 Å². The first-order chi connectivity index (χ1) is 10.3. The summed E-state index contributed by atoms with van der Waals surface area (Å²) in [5.74, 6) is 3.19. The fourth-order valence-corrected chi connectivity index (χ4v) is 6.73. The Morgan fingerprint density at radius 3 is 2.45 bits per heavy atom. The highest BCUT2D eigenvalue weighted by Gasteiger charge is 2.59. The zero-order valence-electron chi connectivity index (χ0n) is 14.9. The fraction of sp³-hybridized carbons (Fsp3) is 0.950. The summed E-state index contributed by atoms with van der Waals surface area (Å²) < 4.78 is 0. The molecule has 22 heavy (non-hydrogen) atoms. The minimum absolute atomic E-state index is 0.274. The minimum atomic E-state index is -0.544. The molecule has 3 aliphatic rings. The number of rotatable bonds is 2. The standard InChI is InChI=1S/C20H34O2/c1-13(2)14-6-8-16-15(12-14)7-9-17-19(16,3)10-5-11-20(17,4)18(21)22/h13-17H,5-12H2,1-4H3,(H,21,22)/t14?,15?,16?,17?,19-,20+/m1/s1. The van der Waals surface area contributed by atoms with E-state index in [1.54, 1.807) is 0 Å². The maximum atomic E-state index is 12.0. The normalized spacial score (nSPS) is 48.6. The van der Waals surface area contributed by atoms with Crippen molar-refractivity contribution in [2.75, 3.05) is 0 Å². The van der Waals surface area contributed by atoms with Gasteiger partial charge in [0.05, 0.1) is 5.41 Å². The van der Waals surface area contributed by atoms with Gasteiger partial charge in [0.25, 0.3) is 0 Å². The van der Waals surface area contributed by atoms with Crippen molar-refractivity contribution in [1.82, 2.24) is 0 Å². The Labute approximate surface area is 136 Å². The van der Waals surface area contributed by atoms with Crippen LogP contribution in [-0.2, 0) is 4.79 Å². The van der Waals surface area contributed by atoms with Crippen LogP contribution in [0.1, 0.15) is 79.1 Å². The number of carboxylic acid groups (broad SMARTS) is 1. The highest BCUT2D eigenvalue weighted by atomic mass is 16.4. The van der Waals surface area contributed by atoms with Crippen LogP contribution >= 0.6 is 0 Å². The van der Waals surface area contributed by atoms with E-state index < -0.39 is 11.4 Å². The third-order valence-corrected chi connectivity index (χ3v) is 8.10. The number of fused-ring (bicyclic) bond motifs is 3. The number of carboxylic acids is 1. The summed E-state index contributed by atoms with van der Waals surface area (Å²) in [7, 11) is 0. The van der Waals surface area contributed by atoms with Gasteiger partial charge in [0, 0.05) is 0 Å². The van der Waals surface area contributed by atoms with Crippen LogP contribution in [0.5, 0.6) is 0 Å². The summed E-state index contributed by atoms with van der Waals surface area (Å²) >= 11 is 0. The van der Waals surface area contributed by atoms with Crippen molar-refractivity contribution in [2.24, 2.45) is 40.4 Å². The lowest BCUT2D eigenvalue weighted by molar-refractivity contribution is -0.173. The average molecular weight is 306 g/mol. The van der Waals surface area contributed by atoms with Crippen LogP contribution < -0.4 is 0 Å². The first-order valence-electron chi connectivity index (χ1n) is 9.52. The quantitative estimate of drug-likeness (QED) is 0.745. The van der Waals surface area contributed by atoms with Gasteiger partial charge in [0.1, 0.15) is 0 Å². The lowest BCUT2D eigenvalue weighted by atomic mass is 9.43. The van der Waals surface area contributed by atoms with Crippen molar-refractivity contribution < 1.29 is 9.90 Å². The second-order valence-electron chi connectivity index (χ2n) is 9.40. The molecule has 4 unspecified atom stereocenters. The summed E-state index contributed by atoms with van der Waals surface area (Å²) in [6, 6.07) is 0. The first-order valence-corrected chi connectivity index (χ1v) is 9.52. The molecule has 6 atom stereocenters. The van der Waals surface area contributed by atoms with Gasteiger partial charge < -0.3 is 5.11 Å². The molecule has 0 aliphatic heterocycles. The van der Waals surface area contributed by atoms with Gasteiger partial charge in [-0.15, -0.1) is 0 Å². The van der Waals surface area contributed by atoms with E-state index in [0.29, 0.717) is 5.92 Å². The van der Waals surface area contributed by atoms with Crippen molar-refractivity contribution >= 4 is 5.97 Å². The van der Waals surface area contributed by atoms with Crippen molar-refractivity contribution in [3.05, 3.63) is 0 Å². The third-order valence-electron chi connectivity index (χ3n) is 8.10. The Hall–Kier alpha value is -0.530. The van der Waals surface area contributed by atoms with Gasteiger partial charge in [-0.25, -0.2) is 0 Å². The number of carbonyl (C=O) groups is 1. The highest BCUT2D eigenvalue weighted by Crippen LogP contribution is 2.64. The Morgan fingerprint density at radius 1 is 1.09 bits per heavy atom. The lowest BCUT2D eigenvalue weighted by Crippen LogP contribution is -2.56. The van der Waals surface area contributed by atoms with Crippen LogP contribution in [0.3, 0.4) is 0 Å². The average Bonchev–Trinajstić information content (AvgIpc) is 2.46. The SMILES string of the molecule is CC(C)C1CCC2C(CCC3[C@]2(C)CCC[C@]3(C)C(=O)O)C1. The molecule has 1 N–H and O–H groups in total. The minimum Gasteiger partial charge on any atom is -0.481 e. The number of hydrogen-bond acceptors (Lipinski definition) is 1. The maximum absolute atomic E-state index is 12.0. The summed E-state index contributed by atoms with van der Waals surface area (Å²) in [5, 5.41) is 9.86. The second-order valence-corrected chi connectivity index (χ2v) is 9.40. The van der Waals surface area contributed by atoms with E-state index in [4.69, 9.17) is 0 Å². The Morgan fingerprint density at radius 2 is 1.82 bits per heavy atom. The molecule has 3 fully saturated rings. The lowest BCUT2D eigenvalue weighted by Gasteiger charge is -2.60. The van der Waals surface area contributed by atoms with Crippen LogP contribution in [0.15, 0.2) is 0 Å². The smallest absolute Gasteiger partial charge is 0.309 e. The van der Waals surface area contributed by atoms with E-state index in [1.165, 1.54) is 32.1 Å². The van der Waals surface area contributed by atoms with E-state index in [2.05, 4.69) is 20.8 Å². The van der Waals surface area contributed by atoms with E-state index in [0.717, 1.165) is 42.9 Å². The first kappa shape index (κ1) is 16.3. The predicted molar refractivity (Wildman–Crippen MR) is 89.6 cm³/mol. The van der Waals surface area contributed by atoms with Gasteiger partial charge in [-0.2, -0.15) is 0 Å². The summed E-state index contributed by atoms with van der Waals surface area (Å²) in [5.41, 5.74) is -0.205.